The molecule has 3 heterocycles. The maximum Gasteiger partial charge on any atom is 0.280 e. The van der Waals surface area contributed by atoms with Crippen LogP contribution in [0.2, 0.25) is 5.02 Å². The minimum Gasteiger partial charge on any atom is -0.395 e. The molecular formula is C25H32ClN7O3. The number of anilines is 1. The van der Waals surface area contributed by atoms with E-state index >= 15 is 0 Å². The number of aliphatic hydroxyl groups is 2. The van der Waals surface area contributed by atoms with E-state index in [1.807, 2.05) is 24.3 Å². The summed E-state index contributed by atoms with van der Waals surface area (Å²) in [5, 5.41) is 22.9. The van der Waals surface area contributed by atoms with Gasteiger partial charge in [0.05, 0.1) is 6.61 Å². The van der Waals surface area contributed by atoms with Crippen molar-refractivity contribution in [2.45, 2.75) is 52.0 Å². The summed E-state index contributed by atoms with van der Waals surface area (Å²) in [6.45, 7) is 8.53. The topological polar surface area (TPSA) is 130 Å². The normalized spacial score (nSPS) is 17.0. The van der Waals surface area contributed by atoms with Gasteiger partial charge >= 0.3 is 0 Å². The van der Waals surface area contributed by atoms with Gasteiger partial charge in [0.15, 0.2) is 17.3 Å². The zero-order valence-electron chi connectivity index (χ0n) is 20.5. The van der Waals surface area contributed by atoms with Crippen LogP contribution in [0.5, 0.6) is 0 Å². The minimum atomic E-state index is -1.34. The number of nitrogens with one attached hydrogen (secondary N) is 2. The van der Waals surface area contributed by atoms with E-state index in [9.17, 15) is 10.2 Å². The molecule has 0 saturated carbocycles. The van der Waals surface area contributed by atoms with Crippen molar-refractivity contribution in [1.29, 1.82) is 0 Å². The van der Waals surface area contributed by atoms with Gasteiger partial charge in [-0.3, -0.25) is 0 Å². The average molecular weight is 514 g/mol. The largest absolute Gasteiger partial charge is 0.395 e. The molecule has 0 radical (unpaired) electrons. The second-order valence-electron chi connectivity index (χ2n) is 8.97. The lowest BCUT2D eigenvalue weighted by atomic mass is 9.99. The summed E-state index contributed by atoms with van der Waals surface area (Å²) in [6.07, 6.45) is 4.68. The Morgan fingerprint density at radius 2 is 2.11 bits per heavy atom. The van der Waals surface area contributed by atoms with Crippen molar-refractivity contribution in [1.82, 2.24) is 25.0 Å². The van der Waals surface area contributed by atoms with Crippen molar-refractivity contribution >= 4 is 34.5 Å². The first-order chi connectivity index (χ1) is 17.4. The molecule has 0 saturated heterocycles. The first-order valence-electron chi connectivity index (χ1n) is 12.1. The van der Waals surface area contributed by atoms with Gasteiger partial charge in [0.2, 0.25) is 5.95 Å². The van der Waals surface area contributed by atoms with Gasteiger partial charge in [0, 0.05) is 23.2 Å². The van der Waals surface area contributed by atoms with Crippen molar-refractivity contribution in [3.63, 3.8) is 0 Å². The number of hydrogen-bond acceptors (Lipinski definition) is 9. The van der Waals surface area contributed by atoms with Crippen LogP contribution in [0.25, 0.3) is 22.4 Å². The molecule has 4 rings (SSSR count). The Morgan fingerprint density at radius 3 is 2.81 bits per heavy atom. The molecule has 0 fully saturated rings. The third-order valence-electron chi connectivity index (χ3n) is 6.08. The Hall–Kier alpha value is -3.05. The number of nitrogens with zero attached hydrogens (tertiary/aromatic N) is 5. The van der Waals surface area contributed by atoms with Gasteiger partial charge in [-0.05, 0) is 37.8 Å². The Balaban J connectivity index is 1.83. The highest BCUT2D eigenvalue weighted by Crippen LogP contribution is 2.34. The smallest absolute Gasteiger partial charge is 0.280 e. The molecule has 4 N–H and O–H groups in total. The van der Waals surface area contributed by atoms with Crippen LogP contribution < -0.4 is 10.8 Å². The predicted octanol–water partition coefficient (Wildman–Crippen LogP) is 4.05. The first kappa shape index (κ1) is 26.0. The lowest BCUT2D eigenvalue weighted by Crippen LogP contribution is -2.22. The lowest BCUT2D eigenvalue weighted by Gasteiger charge is -2.20. The van der Waals surface area contributed by atoms with Gasteiger partial charge in [-0.1, -0.05) is 49.6 Å². The van der Waals surface area contributed by atoms with E-state index in [1.54, 1.807) is 6.07 Å². The van der Waals surface area contributed by atoms with Gasteiger partial charge in [-0.15, -0.1) is 6.58 Å². The summed E-state index contributed by atoms with van der Waals surface area (Å²) >= 11 is 6.33. The van der Waals surface area contributed by atoms with Crippen molar-refractivity contribution in [3.05, 3.63) is 47.8 Å². The van der Waals surface area contributed by atoms with Crippen molar-refractivity contribution in [2.75, 3.05) is 18.5 Å². The van der Waals surface area contributed by atoms with E-state index in [4.69, 9.17) is 26.4 Å². The van der Waals surface area contributed by atoms with Crippen LogP contribution in [-0.4, -0.2) is 55.1 Å². The van der Waals surface area contributed by atoms with Crippen LogP contribution in [0.3, 0.4) is 0 Å². The molecule has 11 heteroatoms. The zero-order chi connectivity index (χ0) is 25.7. The summed E-state index contributed by atoms with van der Waals surface area (Å²) in [6, 6.07) is 7.50. The van der Waals surface area contributed by atoms with Crippen LogP contribution >= 0.6 is 11.6 Å². The van der Waals surface area contributed by atoms with E-state index in [0.29, 0.717) is 34.8 Å². The standard InChI is InChI=1S/C25H32ClN7O3/c1-4-7-15(2)8-5-9-16(3)33-20-19(17-10-6-11-18(26)14-17)28-22(23-31-25(35)36-32-23)29-21(20)30-24(33)27-12-13-34/h4,6,10-11,14-16,25,34-35H,1,5,7-9,12-13H2,2-3H3,(H,31,32)(H,27,28,29,30)/t15-,16?,25?/m0/s1. The van der Waals surface area contributed by atoms with Crippen LogP contribution in [0.4, 0.5) is 5.95 Å². The number of aliphatic imine (C=N–C) groups is 1. The molecular weight excluding hydrogens is 482 g/mol. The number of hydrogen-bond donors (Lipinski definition) is 4. The molecule has 1 aromatic carbocycles. The molecule has 1 aliphatic heterocycles. The van der Waals surface area contributed by atoms with Crippen LogP contribution in [0.1, 0.15) is 51.4 Å². The van der Waals surface area contributed by atoms with E-state index in [0.717, 1.165) is 36.8 Å². The Morgan fingerprint density at radius 1 is 1.28 bits per heavy atom. The molecule has 36 heavy (non-hydrogen) atoms. The van der Waals surface area contributed by atoms with Crippen LogP contribution in [0, 0.1) is 5.92 Å². The molecule has 0 spiro atoms. The van der Waals surface area contributed by atoms with Crippen LogP contribution in [0.15, 0.2) is 41.9 Å². The SMILES string of the molecule is C=CC[C@H](C)CCCC(C)n1c(NCCO)nc2nc(C3=NC(O)ON3)nc(-c3cccc(Cl)c3)c21. The summed E-state index contributed by atoms with van der Waals surface area (Å²) in [7, 11) is 0. The Labute approximate surface area is 215 Å². The summed E-state index contributed by atoms with van der Waals surface area (Å²) in [4.78, 5) is 23.1. The molecule has 0 aliphatic carbocycles. The predicted molar refractivity (Wildman–Crippen MR) is 141 cm³/mol. The average Bonchev–Trinajstić information content (AvgIpc) is 3.45. The summed E-state index contributed by atoms with van der Waals surface area (Å²) < 4.78 is 2.10. The third kappa shape index (κ3) is 5.84. The molecule has 2 aromatic heterocycles. The van der Waals surface area contributed by atoms with Gasteiger partial charge in [0.25, 0.3) is 6.41 Å². The first-order valence-corrected chi connectivity index (χ1v) is 12.5. The zero-order valence-corrected chi connectivity index (χ0v) is 21.2. The summed E-state index contributed by atoms with van der Waals surface area (Å²) in [5.74, 6) is 1.61. The number of allylic oxidation sites excluding steroid dienone is 1. The van der Waals surface area contributed by atoms with Crippen molar-refractivity contribution in [3.8, 4) is 11.3 Å². The van der Waals surface area contributed by atoms with Gasteiger partial charge in [-0.25, -0.2) is 25.3 Å². The van der Waals surface area contributed by atoms with Gasteiger partial charge in [0.1, 0.15) is 11.2 Å². The molecule has 0 bridgehead atoms. The van der Waals surface area contributed by atoms with E-state index in [-0.39, 0.29) is 24.3 Å². The maximum atomic E-state index is 9.67. The molecule has 10 nitrogen and oxygen atoms in total. The molecule has 3 aromatic rings. The fourth-order valence-corrected chi connectivity index (χ4v) is 4.53. The van der Waals surface area contributed by atoms with Gasteiger partial charge in [-0.2, -0.15) is 4.98 Å². The fourth-order valence-electron chi connectivity index (χ4n) is 4.34. The molecule has 2 unspecified atom stereocenters. The second-order valence-corrected chi connectivity index (χ2v) is 9.40. The second kappa shape index (κ2) is 11.8. The highest BCUT2D eigenvalue weighted by atomic mass is 35.5. The van der Waals surface area contributed by atoms with E-state index in [1.165, 1.54) is 0 Å². The lowest BCUT2D eigenvalue weighted by molar-refractivity contribution is -0.102. The monoisotopic (exact) mass is 513 g/mol. The number of amidine groups is 1. The highest BCUT2D eigenvalue weighted by molar-refractivity contribution is 6.30. The number of benzene rings is 1. The number of halogens is 1. The summed E-state index contributed by atoms with van der Waals surface area (Å²) in [5.41, 5.74) is 5.17. The fraction of sp³-hybridized carbons (Fsp3) is 0.440. The number of imidazole rings is 1. The Bertz CT molecular complexity index is 1250. The number of fused-ring (bicyclic) bond motifs is 1. The molecule has 1 aliphatic rings. The van der Waals surface area contributed by atoms with E-state index in [2.05, 4.69) is 45.8 Å². The van der Waals surface area contributed by atoms with Crippen molar-refractivity contribution < 1.29 is 15.1 Å². The maximum absolute atomic E-state index is 9.67. The quantitative estimate of drug-likeness (QED) is 0.267. The third-order valence-corrected chi connectivity index (χ3v) is 6.32. The number of aromatic nitrogens is 4. The highest BCUT2D eigenvalue weighted by Gasteiger charge is 2.26. The van der Waals surface area contributed by atoms with Crippen molar-refractivity contribution in [2.24, 2.45) is 10.9 Å². The number of hydroxylamine groups is 1. The molecule has 3 atom stereocenters. The van der Waals surface area contributed by atoms with E-state index < -0.39 is 6.41 Å². The van der Waals surface area contributed by atoms with Crippen LogP contribution in [-0.2, 0) is 4.84 Å². The minimum absolute atomic E-state index is 0.0370. The molecule has 0 amide bonds. The molecule has 192 valence electrons. The Kier molecular flexibility index (Phi) is 8.52. The number of aliphatic hydroxyl groups excluding tert-OH is 2. The van der Waals surface area contributed by atoms with Gasteiger partial charge < -0.3 is 20.1 Å². The number of rotatable bonds is 12.